The zero-order valence-electron chi connectivity index (χ0n) is 19.1. The Morgan fingerprint density at radius 1 is 1.03 bits per heavy atom. The summed E-state index contributed by atoms with van der Waals surface area (Å²) in [6.45, 7) is 3.62. The Morgan fingerprint density at radius 3 is 2.51 bits per heavy atom. The van der Waals surface area contributed by atoms with E-state index in [0.29, 0.717) is 6.61 Å². The molecule has 7 nitrogen and oxygen atoms in total. The van der Waals surface area contributed by atoms with E-state index in [1.807, 2.05) is 71.4 Å². The largest absolute Gasteiger partial charge is 0.494 e. The zero-order chi connectivity index (χ0) is 23.8. The Balaban J connectivity index is 1.13. The number of carbonyl (C=O) groups excluding carboxylic acids is 1. The number of thioether (sulfide) groups is 1. The second kappa shape index (κ2) is 9.24. The highest BCUT2D eigenvalue weighted by Crippen LogP contribution is 2.30. The number of benzene rings is 2. The van der Waals surface area contributed by atoms with Crippen LogP contribution in [0.4, 0.5) is 5.69 Å². The first-order chi connectivity index (χ1) is 17.2. The van der Waals surface area contributed by atoms with Crippen molar-refractivity contribution < 1.29 is 9.53 Å². The SMILES string of the molecule is CCOc1ccc(-c2cn3c(CC(=O)Nc4ccc(-c5cn6c(n5)SCC6)cc4)csc3n2)cc1. The lowest BCUT2D eigenvalue weighted by Crippen LogP contribution is -2.15. The van der Waals surface area contributed by atoms with Crippen molar-refractivity contribution in [2.45, 2.75) is 25.0 Å². The summed E-state index contributed by atoms with van der Waals surface area (Å²) < 4.78 is 9.71. The Bertz CT molecular complexity index is 1480. The number of thiazole rings is 1. The minimum atomic E-state index is -0.0638. The third kappa shape index (κ3) is 4.44. The molecule has 0 atom stereocenters. The first-order valence-corrected chi connectivity index (χ1v) is 13.3. The van der Waals surface area contributed by atoms with Crippen LogP contribution in [0.1, 0.15) is 12.6 Å². The summed E-state index contributed by atoms with van der Waals surface area (Å²) in [6.07, 6.45) is 4.35. The van der Waals surface area contributed by atoms with Crippen molar-refractivity contribution in [1.29, 1.82) is 0 Å². The number of hydrogen-bond donors (Lipinski definition) is 1. The van der Waals surface area contributed by atoms with Crippen molar-refractivity contribution in [2.24, 2.45) is 0 Å². The summed E-state index contributed by atoms with van der Waals surface area (Å²) in [5.41, 5.74) is 5.59. The fraction of sp³-hybridized carbons (Fsp3) is 0.192. The van der Waals surface area contributed by atoms with Gasteiger partial charge in [-0.15, -0.1) is 11.3 Å². The van der Waals surface area contributed by atoms with Gasteiger partial charge >= 0.3 is 0 Å². The van der Waals surface area contributed by atoms with Gasteiger partial charge in [-0.3, -0.25) is 9.20 Å². The van der Waals surface area contributed by atoms with E-state index in [4.69, 9.17) is 14.7 Å². The predicted octanol–water partition coefficient (Wildman–Crippen LogP) is 5.61. The molecule has 5 aromatic rings. The van der Waals surface area contributed by atoms with E-state index < -0.39 is 0 Å². The molecule has 4 heterocycles. The fourth-order valence-electron chi connectivity index (χ4n) is 4.13. The van der Waals surface area contributed by atoms with Gasteiger partial charge in [-0.1, -0.05) is 23.9 Å². The predicted molar refractivity (Wildman–Crippen MR) is 140 cm³/mol. The van der Waals surface area contributed by atoms with E-state index in [9.17, 15) is 4.79 Å². The van der Waals surface area contributed by atoms with E-state index in [-0.39, 0.29) is 12.3 Å². The number of anilines is 1. The molecular weight excluding hydrogens is 478 g/mol. The maximum atomic E-state index is 12.8. The lowest BCUT2D eigenvalue weighted by molar-refractivity contribution is -0.115. The molecule has 0 spiro atoms. The number of fused-ring (bicyclic) bond motifs is 2. The second-order valence-corrected chi connectivity index (χ2v) is 10.1. The lowest BCUT2D eigenvalue weighted by Gasteiger charge is -2.06. The molecule has 176 valence electrons. The van der Waals surface area contributed by atoms with Crippen LogP contribution in [0.15, 0.2) is 71.5 Å². The van der Waals surface area contributed by atoms with Gasteiger partial charge in [0.2, 0.25) is 5.91 Å². The molecule has 1 amide bonds. The average Bonchev–Trinajstić information content (AvgIpc) is 3.63. The van der Waals surface area contributed by atoms with Gasteiger partial charge in [-0.25, -0.2) is 9.97 Å². The van der Waals surface area contributed by atoms with E-state index in [0.717, 1.165) is 62.1 Å². The van der Waals surface area contributed by atoms with Gasteiger partial charge < -0.3 is 14.6 Å². The monoisotopic (exact) mass is 501 g/mol. The van der Waals surface area contributed by atoms with Crippen LogP contribution in [0.25, 0.3) is 27.5 Å². The molecule has 0 bridgehead atoms. The first-order valence-electron chi connectivity index (χ1n) is 11.5. The number of imidazole rings is 2. The smallest absolute Gasteiger partial charge is 0.230 e. The molecule has 1 aliphatic heterocycles. The number of aryl methyl sites for hydroxylation is 1. The van der Waals surface area contributed by atoms with Crippen molar-refractivity contribution in [2.75, 3.05) is 17.7 Å². The number of ether oxygens (including phenoxy) is 1. The van der Waals surface area contributed by atoms with Gasteiger partial charge in [0.25, 0.3) is 0 Å². The molecule has 0 radical (unpaired) electrons. The number of amides is 1. The van der Waals surface area contributed by atoms with Gasteiger partial charge in [0.1, 0.15) is 5.75 Å². The molecule has 0 unspecified atom stereocenters. The molecule has 3 aromatic heterocycles. The van der Waals surface area contributed by atoms with Crippen LogP contribution in [-0.4, -0.2) is 37.2 Å². The van der Waals surface area contributed by atoms with E-state index >= 15 is 0 Å². The normalized spacial score (nSPS) is 12.7. The molecule has 0 saturated heterocycles. The van der Waals surface area contributed by atoms with Crippen LogP contribution in [0, 0.1) is 0 Å². The molecule has 0 saturated carbocycles. The fourth-order valence-corrected chi connectivity index (χ4v) is 5.94. The summed E-state index contributed by atoms with van der Waals surface area (Å²) in [7, 11) is 0. The summed E-state index contributed by atoms with van der Waals surface area (Å²) >= 11 is 3.32. The molecule has 2 aromatic carbocycles. The van der Waals surface area contributed by atoms with Crippen LogP contribution in [-0.2, 0) is 17.8 Å². The molecule has 1 N–H and O–H groups in total. The van der Waals surface area contributed by atoms with E-state index in [2.05, 4.69) is 16.1 Å². The molecule has 0 fully saturated rings. The second-order valence-electron chi connectivity index (χ2n) is 8.22. The standard InChI is InChI=1S/C26H23N5O2S2/c1-2-33-21-9-5-18(6-10-21)23-15-31-20(16-35-26(31)29-23)13-24(32)27-19-7-3-17(4-8-19)22-14-30-11-12-34-25(30)28-22/h3-10,14-16H,2,11-13H2,1H3,(H,27,32). The quantitative estimate of drug-likeness (QED) is 0.314. The summed E-state index contributed by atoms with van der Waals surface area (Å²) in [6, 6.07) is 15.8. The molecule has 35 heavy (non-hydrogen) atoms. The van der Waals surface area contributed by atoms with E-state index in [1.165, 1.54) is 11.3 Å². The van der Waals surface area contributed by atoms with Gasteiger partial charge in [0.15, 0.2) is 10.1 Å². The van der Waals surface area contributed by atoms with Crippen LogP contribution >= 0.6 is 23.1 Å². The number of nitrogens with one attached hydrogen (secondary N) is 1. The van der Waals surface area contributed by atoms with Crippen LogP contribution < -0.4 is 10.1 Å². The molecule has 0 aliphatic carbocycles. The number of nitrogens with zero attached hydrogens (tertiary/aromatic N) is 4. The lowest BCUT2D eigenvalue weighted by atomic mass is 10.1. The van der Waals surface area contributed by atoms with Gasteiger partial charge in [0.05, 0.1) is 24.4 Å². The summed E-state index contributed by atoms with van der Waals surface area (Å²) in [5, 5.41) is 6.07. The maximum absolute atomic E-state index is 12.8. The third-order valence-corrected chi connectivity index (χ3v) is 7.71. The number of hydrogen-bond acceptors (Lipinski definition) is 6. The highest BCUT2D eigenvalue weighted by Gasteiger charge is 2.16. The highest BCUT2D eigenvalue weighted by atomic mass is 32.2. The summed E-state index contributed by atoms with van der Waals surface area (Å²) in [5.74, 6) is 1.87. The minimum Gasteiger partial charge on any atom is -0.494 e. The Morgan fingerprint density at radius 2 is 1.77 bits per heavy atom. The van der Waals surface area contributed by atoms with Crippen molar-refractivity contribution in [3.8, 4) is 28.3 Å². The van der Waals surface area contributed by atoms with Crippen molar-refractivity contribution in [1.82, 2.24) is 18.9 Å². The molecule has 1 aliphatic rings. The maximum Gasteiger partial charge on any atom is 0.230 e. The van der Waals surface area contributed by atoms with Gasteiger partial charge in [-0.2, -0.15) is 0 Å². The molecule has 9 heteroatoms. The van der Waals surface area contributed by atoms with Crippen molar-refractivity contribution in [3.05, 3.63) is 72.0 Å². The minimum absolute atomic E-state index is 0.0638. The molecular formula is C26H23N5O2S2. The first kappa shape index (κ1) is 21.9. The van der Waals surface area contributed by atoms with Crippen LogP contribution in [0.2, 0.25) is 0 Å². The Hall–Kier alpha value is -3.56. The molecule has 6 rings (SSSR count). The third-order valence-electron chi connectivity index (χ3n) is 5.85. The number of carbonyl (C=O) groups is 1. The van der Waals surface area contributed by atoms with Crippen molar-refractivity contribution in [3.63, 3.8) is 0 Å². The highest BCUT2D eigenvalue weighted by molar-refractivity contribution is 7.99. The van der Waals surface area contributed by atoms with Gasteiger partial charge in [0, 0.05) is 52.6 Å². The number of rotatable bonds is 7. The number of aromatic nitrogens is 4. The van der Waals surface area contributed by atoms with Gasteiger partial charge in [-0.05, 0) is 43.3 Å². The zero-order valence-corrected chi connectivity index (χ0v) is 20.7. The van der Waals surface area contributed by atoms with E-state index in [1.54, 1.807) is 11.8 Å². The van der Waals surface area contributed by atoms with Crippen molar-refractivity contribution >= 4 is 39.7 Å². The average molecular weight is 502 g/mol. The van der Waals surface area contributed by atoms with Crippen LogP contribution in [0.3, 0.4) is 0 Å². The Labute approximate surface area is 210 Å². The van der Waals surface area contributed by atoms with Crippen LogP contribution in [0.5, 0.6) is 5.75 Å². The topological polar surface area (TPSA) is 73.5 Å². The Kier molecular flexibility index (Phi) is 5.79. The summed E-state index contributed by atoms with van der Waals surface area (Å²) in [4.78, 5) is 23.1.